The molecule has 0 fully saturated rings. The van der Waals surface area contributed by atoms with Crippen LogP contribution in [0.25, 0.3) is 0 Å². The summed E-state index contributed by atoms with van der Waals surface area (Å²) in [7, 11) is 0. The first-order chi connectivity index (χ1) is 3.41. The summed E-state index contributed by atoms with van der Waals surface area (Å²) in [5.41, 5.74) is 0. The van der Waals surface area contributed by atoms with Crippen LogP contribution in [-0.2, 0) is 0 Å². The van der Waals surface area contributed by atoms with E-state index in [4.69, 9.17) is 0 Å². The van der Waals surface area contributed by atoms with Crippen molar-refractivity contribution in [2.75, 3.05) is 0 Å². The van der Waals surface area contributed by atoms with E-state index in [0.717, 1.165) is 0 Å². The Hall–Kier alpha value is 0.636. The number of rotatable bonds is 4. The van der Waals surface area contributed by atoms with Gasteiger partial charge in [-0.3, -0.25) is 0 Å². The van der Waals surface area contributed by atoms with Gasteiger partial charge in [0, 0.05) is 0 Å². The molecule has 0 bridgehead atoms. The van der Waals surface area contributed by atoms with Crippen molar-refractivity contribution in [3.05, 3.63) is 12.7 Å². The molecular weight excluding hydrogens is 293 g/mol. The molecule has 0 N–H and O–H groups in total. The summed E-state index contributed by atoms with van der Waals surface area (Å²) in [4.78, 5) is 0. The normalized spacial score (nSPS) is 7.62. The minimum absolute atomic E-state index is 0. The second-order valence-corrected chi connectivity index (χ2v) is 1.78. The average molecular weight is 309 g/mol. The van der Waals surface area contributed by atoms with Gasteiger partial charge in [-0.25, -0.2) is 0 Å². The second-order valence-electron chi connectivity index (χ2n) is 1.78. The Bertz CT molecular complexity index is 41.7. The van der Waals surface area contributed by atoms with Crippen molar-refractivity contribution in [2.24, 2.45) is 0 Å². The summed E-state index contributed by atoms with van der Waals surface area (Å²) < 4.78 is 0. The predicted molar refractivity (Wildman–Crippen MR) is 42.9 cm³/mol. The summed E-state index contributed by atoms with van der Waals surface area (Å²) in [5, 5.41) is 0. The van der Waals surface area contributed by atoms with Crippen molar-refractivity contribution in [1.29, 1.82) is 0 Å². The third kappa shape index (κ3) is 9.81. The maximum atomic E-state index is 3.63. The van der Waals surface area contributed by atoms with Gasteiger partial charge in [-0.05, 0) is 12.8 Å². The Labute approximate surface area is 71.8 Å². The Morgan fingerprint density at radius 3 is 2.38 bits per heavy atom. The molecule has 50 valence electrons. The molecule has 0 unspecified atom stereocenters. The van der Waals surface area contributed by atoms with Crippen LogP contribution in [0.2, 0.25) is 0 Å². The quantitative estimate of drug-likeness (QED) is 0.549. The van der Waals surface area contributed by atoms with Crippen molar-refractivity contribution < 1.29 is 0 Å². The SMILES string of the molecule is C=CCCCCC.[PoH2]. The fourth-order valence-corrected chi connectivity index (χ4v) is 0.539. The zero-order chi connectivity index (χ0) is 5.54. The van der Waals surface area contributed by atoms with Crippen LogP contribution in [0, 0.1) is 0 Å². The van der Waals surface area contributed by atoms with E-state index in [0.29, 0.717) is 0 Å². The topological polar surface area (TPSA) is 0 Å². The van der Waals surface area contributed by atoms with E-state index in [1.165, 1.54) is 25.7 Å². The molecule has 0 aliphatic carbocycles. The van der Waals surface area contributed by atoms with Crippen LogP contribution in [0.4, 0.5) is 0 Å². The van der Waals surface area contributed by atoms with E-state index in [1.807, 2.05) is 6.08 Å². The molecule has 0 atom stereocenters. The van der Waals surface area contributed by atoms with Crippen molar-refractivity contribution in [3.8, 4) is 0 Å². The molecule has 0 saturated heterocycles. The van der Waals surface area contributed by atoms with E-state index >= 15 is 0 Å². The Morgan fingerprint density at radius 1 is 1.38 bits per heavy atom. The second kappa shape index (κ2) is 10.6. The van der Waals surface area contributed by atoms with E-state index in [9.17, 15) is 0 Å². The molecule has 0 aliphatic rings. The van der Waals surface area contributed by atoms with Gasteiger partial charge in [0.1, 0.15) is 0 Å². The minimum atomic E-state index is 0. The molecule has 8 heavy (non-hydrogen) atoms. The van der Waals surface area contributed by atoms with Crippen molar-refractivity contribution in [1.82, 2.24) is 0 Å². The monoisotopic (exact) mass is 309 g/mol. The van der Waals surface area contributed by atoms with Gasteiger partial charge in [0.2, 0.25) is 0 Å². The molecule has 0 aromatic rings. The average Bonchev–Trinajstić information content (AvgIpc) is 1.69. The fraction of sp³-hybridized carbons (Fsp3) is 0.714. The van der Waals surface area contributed by atoms with Crippen LogP contribution in [0.3, 0.4) is 0 Å². The number of unbranched alkanes of at least 4 members (excludes halogenated alkanes) is 3. The first-order valence-electron chi connectivity index (χ1n) is 3.02. The van der Waals surface area contributed by atoms with Crippen LogP contribution >= 0.6 is 0 Å². The van der Waals surface area contributed by atoms with Crippen molar-refractivity contribution in [3.63, 3.8) is 0 Å². The molecule has 0 nitrogen and oxygen atoms in total. The molecule has 0 aromatic carbocycles. The summed E-state index contributed by atoms with van der Waals surface area (Å²) in [5.74, 6) is 0. The summed E-state index contributed by atoms with van der Waals surface area (Å²) in [6, 6.07) is 0. The zero-order valence-corrected chi connectivity index (χ0v) is 9.50. The fourth-order valence-electron chi connectivity index (χ4n) is 0.539. The van der Waals surface area contributed by atoms with E-state index in [2.05, 4.69) is 13.5 Å². The van der Waals surface area contributed by atoms with Crippen LogP contribution in [0.5, 0.6) is 0 Å². The number of hydrogen-bond acceptors (Lipinski definition) is 0. The molecule has 0 aromatic heterocycles. The van der Waals surface area contributed by atoms with Crippen LogP contribution in [0.15, 0.2) is 12.7 Å². The molecule has 0 heterocycles. The maximum absolute atomic E-state index is 3.63. The number of hydrogen-bond donors (Lipinski definition) is 0. The van der Waals surface area contributed by atoms with Crippen molar-refractivity contribution in [2.45, 2.75) is 32.6 Å². The van der Waals surface area contributed by atoms with Crippen LogP contribution in [-0.4, -0.2) is 26.6 Å². The molecule has 1 heteroatoms. The summed E-state index contributed by atoms with van der Waals surface area (Å²) in [6.07, 6.45) is 7.16. The Kier molecular flexibility index (Phi) is 15.1. The van der Waals surface area contributed by atoms with Gasteiger partial charge in [-0.1, -0.05) is 25.8 Å². The molecule has 0 spiro atoms. The van der Waals surface area contributed by atoms with Gasteiger partial charge in [0.05, 0.1) is 0 Å². The van der Waals surface area contributed by atoms with Crippen LogP contribution in [0.1, 0.15) is 32.6 Å². The number of allylic oxidation sites excluding steroid dienone is 1. The van der Waals surface area contributed by atoms with E-state index < -0.39 is 0 Å². The molecule has 0 radical (unpaired) electrons. The standard InChI is InChI=1S/C7H14.Po.2H/c1-3-5-7-6-4-2;;;/h3H,1,4-7H2,2H3;;;. The van der Waals surface area contributed by atoms with Gasteiger partial charge in [0.15, 0.2) is 0 Å². The molecule has 0 aliphatic heterocycles. The molecular formula is C7H16Po. The van der Waals surface area contributed by atoms with Crippen LogP contribution < -0.4 is 0 Å². The van der Waals surface area contributed by atoms with E-state index in [1.54, 1.807) is 0 Å². The third-order valence-corrected chi connectivity index (χ3v) is 1.01. The molecule has 0 amide bonds. The predicted octanol–water partition coefficient (Wildman–Crippen LogP) is 1.84. The first kappa shape index (κ1) is 11.4. The van der Waals surface area contributed by atoms with Gasteiger partial charge < -0.3 is 0 Å². The van der Waals surface area contributed by atoms with Gasteiger partial charge >= 0.3 is 26.6 Å². The summed E-state index contributed by atoms with van der Waals surface area (Å²) >= 11 is 0. The van der Waals surface area contributed by atoms with E-state index in [-0.39, 0.29) is 26.6 Å². The third-order valence-electron chi connectivity index (χ3n) is 1.01. The van der Waals surface area contributed by atoms with Crippen molar-refractivity contribution >= 4 is 26.6 Å². The Morgan fingerprint density at radius 2 is 2.00 bits per heavy atom. The van der Waals surface area contributed by atoms with Gasteiger partial charge in [-0.15, -0.1) is 6.58 Å². The first-order valence-corrected chi connectivity index (χ1v) is 3.02. The summed E-state index contributed by atoms with van der Waals surface area (Å²) in [6.45, 7) is 5.84. The molecule has 0 saturated carbocycles. The van der Waals surface area contributed by atoms with Gasteiger partial charge in [-0.2, -0.15) is 0 Å². The zero-order valence-electron chi connectivity index (χ0n) is 5.61. The Balaban J connectivity index is 0. The van der Waals surface area contributed by atoms with Gasteiger partial charge in [0.25, 0.3) is 0 Å². The molecule has 0 rings (SSSR count).